The van der Waals surface area contributed by atoms with E-state index >= 15 is 0 Å². The lowest BCUT2D eigenvalue weighted by Crippen LogP contribution is -2.51. The molecule has 1 fully saturated rings. The second kappa shape index (κ2) is 4.44. The Morgan fingerprint density at radius 1 is 1.33 bits per heavy atom. The number of carboxylic acid groups (broad SMARTS) is 1. The monoisotopic (exact) mass is 250 g/mol. The summed E-state index contributed by atoms with van der Waals surface area (Å²) in [6, 6.07) is 0. The van der Waals surface area contributed by atoms with Gasteiger partial charge in [0.1, 0.15) is 5.82 Å². The van der Waals surface area contributed by atoms with Crippen LogP contribution in [0.4, 0.5) is 11.8 Å². The highest BCUT2D eigenvalue weighted by molar-refractivity contribution is 5.74. The molecule has 0 saturated carbocycles. The van der Waals surface area contributed by atoms with Crippen LogP contribution in [0.2, 0.25) is 0 Å². The molecule has 1 aromatic heterocycles. The topological polar surface area (TPSA) is 69.6 Å². The maximum Gasteiger partial charge on any atom is 0.310 e. The van der Waals surface area contributed by atoms with Crippen LogP contribution < -0.4 is 9.80 Å². The summed E-state index contributed by atoms with van der Waals surface area (Å²) in [5.41, 5.74) is 1.95. The van der Waals surface area contributed by atoms with Gasteiger partial charge >= 0.3 is 5.97 Å². The van der Waals surface area contributed by atoms with Gasteiger partial charge in [0, 0.05) is 38.4 Å². The summed E-state index contributed by atoms with van der Waals surface area (Å²) >= 11 is 0. The Balaban J connectivity index is 2.26. The standard InChI is InChI=1S/C12H18N4O2/c1-7-8(2)13-12(15(3)4)14-10(7)16-5-9(6-16)11(17)18/h9H,5-6H2,1-4H3,(H,17,18). The summed E-state index contributed by atoms with van der Waals surface area (Å²) in [6.07, 6.45) is 0. The molecule has 98 valence electrons. The normalized spacial score (nSPS) is 15.4. The average Bonchev–Trinajstić information content (AvgIpc) is 2.20. The van der Waals surface area contributed by atoms with Crippen molar-refractivity contribution in [2.75, 3.05) is 37.0 Å². The van der Waals surface area contributed by atoms with Crippen LogP contribution >= 0.6 is 0 Å². The van der Waals surface area contributed by atoms with Gasteiger partial charge in [0.2, 0.25) is 5.95 Å². The highest BCUT2D eigenvalue weighted by Gasteiger charge is 2.34. The van der Waals surface area contributed by atoms with E-state index in [-0.39, 0.29) is 5.92 Å². The SMILES string of the molecule is Cc1nc(N(C)C)nc(N2CC(C(=O)O)C2)c1C. The van der Waals surface area contributed by atoms with Crippen molar-refractivity contribution in [2.24, 2.45) is 5.92 Å². The van der Waals surface area contributed by atoms with E-state index < -0.39 is 5.97 Å². The minimum atomic E-state index is -0.734. The Bertz CT molecular complexity index is 481. The lowest BCUT2D eigenvalue weighted by Gasteiger charge is -2.38. The fraction of sp³-hybridized carbons (Fsp3) is 0.583. The van der Waals surface area contributed by atoms with Crippen molar-refractivity contribution in [1.82, 2.24) is 9.97 Å². The number of nitrogens with zero attached hydrogens (tertiary/aromatic N) is 4. The molecule has 0 aromatic carbocycles. The third-order valence-corrected chi connectivity index (χ3v) is 3.28. The number of hydrogen-bond acceptors (Lipinski definition) is 5. The number of carbonyl (C=O) groups is 1. The Labute approximate surface area is 106 Å². The molecule has 0 amide bonds. The van der Waals surface area contributed by atoms with Crippen molar-refractivity contribution in [2.45, 2.75) is 13.8 Å². The van der Waals surface area contributed by atoms with Crippen LogP contribution in [-0.4, -0.2) is 48.2 Å². The zero-order valence-corrected chi connectivity index (χ0v) is 11.1. The summed E-state index contributed by atoms with van der Waals surface area (Å²) in [7, 11) is 3.79. The fourth-order valence-electron chi connectivity index (χ4n) is 1.91. The molecule has 1 aliphatic rings. The van der Waals surface area contributed by atoms with Crippen molar-refractivity contribution in [3.8, 4) is 0 Å². The van der Waals surface area contributed by atoms with Gasteiger partial charge in [0.15, 0.2) is 0 Å². The predicted molar refractivity (Wildman–Crippen MR) is 69.2 cm³/mol. The van der Waals surface area contributed by atoms with Crippen molar-refractivity contribution in [3.63, 3.8) is 0 Å². The molecule has 0 radical (unpaired) electrons. The summed E-state index contributed by atoms with van der Waals surface area (Å²) in [4.78, 5) is 23.6. The van der Waals surface area contributed by atoms with Crippen molar-refractivity contribution < 1.29 is 9.90 Å². The maximum atomic E-state index is 10.8. The molecule has 2 rings (SSSR count). The summed E-state index contributed by atoms with van der Waals surface area (Å²) in [6.45, 7) is 4.97. The smallest absolute Gasteiger partial charge is 0.310 e. The molecule has 1 N–H and O–H groups in total. The molecule has 0 spiro atoms. The third kappa shape index (κ3) is 2.10. The van der Waals surface area contributed by atoms with Crippen LogP contribution in [0.5, 0.6) is 0 Å². The van der Waals surface area contributed by atoms with E-state index in [2.05, 4.69) is 9.97 Å². The lowest BCUT2D eigenvalue weighted by molar-refractivity contribution is -0.142. The van der Waals surface area contributed by atoms with E-state index in [4.69, 9.17) is 5.11 Å². The Kier molecular flexibility index (Phi) is 3.11. The molecule has 2 heterocycles. The van der Waals surface area contributed by atoms with E-state index in [0.29, 0.717) is 19.0 Å². The molecule has 0 aliphatic carbocycles. The summed E-state index contributed by atoms with van der Waals surface area (Å²) in [5, 5.41) is 8.90. The van der Waals surface area contributed by atoms with E-state index in [1.165, 1.54) is 0 Å². The first kappa shape index (κ1) is 12.6. The first-order valence-electron chi connectivity index (χ1n) is 5.90. The Morgan fingerprint density at radius 3 is 2.44 bits per heavy atom. The van der Waals surface area contributed by atoms with Gasteiger partial charge in [-0.25, -0.2) is 4.98 Å². The molecular formula is C12H18N4O2. The number of aliphatic carboxylic acids is 1. The fourth-order valence-corrected chi connectivity index (χ4v) is 1.91. The molecule has 0 bridgehead atoms. The third-order valence-electron chi connectivity index (χ3n) is 3.28. The number of aryl methyl sites for hydroxylation is 1. The minimum Gasteiger partial charge on any atom is -0.481 e. The molecule has 0 atom stereocenters. The van der Waals surface area contributed by atoms with Crippen LogP contribution in [0.1, 0.15) is 11.3 Å². The number of anilines is 2. The van der Waals surface area contributed by atoms with E-state index in [0.717, 1.165) is 17.1 Å². The van der Waals surface area contributed by atoms with Gasteiger partial charge in [-0.1, -0.05) is 0 Å². The minimum absolute atomic E-state index is 0.275. The quantitative estimate of drug-likeness (QED) is 0.850. The van der Waals surface area contributed by atoms with E-state index in [1.54, 1.807) is 0 Å². The molecule has 6 nitrogen and oxygen atoms in total. The second-order valence-corrected chi connectivity index (χ2v) is 4.89. The van der Waals surface area contributed by atoms with Gasteiger partial charge in [0.05, 0.1) is 5.92 Å². The van der Waals surface area contributed by atoms with E-state index in [1.807, 2.05) is 37.7 Å². The molecule has 18 heavy (non-hydrogen) atoms. The van der Waals surface area contributed by atoms with Crippen molar-refractivity contribution >= 4 is 17.7 Å². The second-order valence-electron chi connectivity index (χ2n) is 4.89. The summed E-state index contributed by atoms with van der Waals surface area (Å²) in [5.74, 6) is 0.501. The number of carboxylic acids is 1. The molecular weight excluding hydrogens is 232 g/mol. The van der Waals surface area contributed by atoms with Gasteiger partial charge in [-0.2, -0.15) is 4.98 Å². The van der Waals surface area contributed by atoms with Crippen LogP contribution in [0, 0.1) is 19.8 Å². The molecule has 1 aliphatic heterocycles. The van der Waals surface area contributed by atoms with Gasteiger partial charge in [-0.05, 0) is 13.8 Å². The first-order chi connectivity index (χ1) is 8.40. The number of hydrogen-bond donors (Lipinski definition) is 1. The Hall–Kier alpha value is -1.85. The molecule has 1 saturated heterocycles. The lowest BCUT2D eigenvalue weighted by atomic mass is 10.00. The summed E-state index contributed by atoms with van der Waals surface area (Å²) < 4.78 is 0. The Morgan fingerprint density at radius 2 is 1.94 bits per heavy atom. The van der Waals surface area contributed by atoms with Gasteiger partial charge in [0.25, 0.3) is 0 Å². The first-order valence-corrected chi connectivity index (χ1v) is 5.90. The van der Waals surface area contributed by atoms with Crippen molar-refractivity contribution in [1.29, 1.82) is 0 Å². The predicted octanol–water partition coefficient (Wildman–Crippen LogP) is 0.680. The average molecular weight is 250 g/mol. The van der Waals surface area contributed by atoms with Crippen LogP contribution in [0.15, 0.2) is 0 Å². The zero-order chi connectivity index (χ0) is 13.4. The van der Waals surface area contributed by atoms with Gasteiger partial charge in [-0.3, -0.25) is 4.79 Å². The highest BCUT2D eigenvalue weighted by atomic mass is 16.4. The maximum absolute atomic E-state index is 10.8. The van der Waals surface area contributed by atoms with Gasteiger partial charge in [-0.15, -0.1) is 0 Å². The highest BCUT2D eigenvalue weighted by Crippen LogP contribution is 2.28. The van der Waals surface area contributed by atoms with Crippen molar-refractivity contribution in [3.05, 3.63) is 11.3 Å². The van der Waals surface area contributed by atoms with Crippen LogP contribution in [0.3, 0.4) is 0 Å². The van der Waals surface area contributed by atoms with Gasteiger partial charge < -0.3 is 14.9 Å². The number of rotatable bonds is 3. The zero-order valence-electron chi connectivity index (χ0n) is 11.1. The molecule has 6 heteroatoms. The molecule has 0 unspecified atom stereocenters. The van der Waals surface area contributed by atoms with Crippen LogP contribution in [0.25, 0.3) is 0 Å². The van der Waals surface area contributed by atoms with Crippen LogP contribution in [-0.2, 0) is 4.79 Å². The number of aromatic nitrogens is 2. The van der Waals surface area contributed by atoms with E-state index in [9.17, 15) is 4.79 Å². The molecule has 1 aromatic rings. The largest absolute Gasteiger partial charge is 0.481 e.